The van der Waals surface area contributed by atoms with E-state index in [0.29, 0.717) is 16.7 Å². The van der Waals surface area contributed by atoms with Crippen LogP contribution >= 0.6 is 0 Å². The molecule has 2 aromatic rings. The maximum absolute atomic E-state index is 12.4. The van der Waals surface area contributed by atoms with Crippen molar-refractivity contribution in [1.29, 1.82) is 0 Å². The molecule has 3 rings (SSSR count). The Morgan fingerprint density at radius 2 is 1.70 bits per heavy atom. The number of hydrogen-bond donors (Lipinski definition) is 2. The molecular formula is C20H19N3O4. The lowest BCUT2D eigenvalue weighted by molar-refractivity contribution is -0.129. The van der Waals surface area contributed by atoms with Crippen LogP contribution in [-0.4, -0.2) is 35.1 Å². The number of aryl methyl sites for hydroxylation is 1. The van der Waals surface area contributed by atoms with Crippen LogP contribution in [0.25, 0.3) is 0 Å². The Labute approximate surface area is 156 Å². The van der Waals surface area contributed by atoms with E-state index in [1.54, 1.807) is 49.4 Å². The first-order valence-electron chi connectivity index (χ1n) is 8.55. The maximum atomic E-state index is 12.4. The SMILES string of the molecule is Cc1ccccc1C(=O)NNC(=O)CCN1C(=O)Cc2ccccc2C1=O. The Kier molecular flexibility index (Phi) is 5.30. The fraction of sp³-hybridized carbons (Fsp3) is 0.200. The minimum atomic E-state index is -0.489. The lowest BCUT2D eigenvalue weighted by Gasteiger charge is -2.26. The summed E-state index contributed by atoms with van der Waals surface area (Å²) in [6.07, 6.45) is 0.0290. The Morgan fingerprint density at radius 3 is 2.48 bits per heavy atom. The number of hydrogen-bond acceptors (Lipinski definition) is 4. The van der Waals surface area contributed by atoms with Gasteiger partial charge < -0.3 is 0 Å². The first kappa shape index (κ1) is 18.3. The molecule has 0 bridgehead atoms. The fourth-order valence-electron chi connectivity index (χ4n) is 2.92. The highest BCUT2D eigenvalue weighted by molar-refractivity contribution is 6.09. The van der Waals surface area contributed by atoms with Gasteiger partial charge in [0.2, 0.25) is 11.8 Å². The Hall–Kier alpha value is -3.48. The molecule has 4 amide bonds. The summed E-state index contributed by atoms with van der Waals surface area (Å²) < 4.78 is 0. The van der Waals surface area contributed by atoms with Gasteiger partial charge in [0.15, 0.2) is 0 Å². The summed E-state index contributed by atoms with van der Waals surface area (Å²) in [5.74, 6) is -1.66. The summed E-state index contributed by atoms with van der Waals surface area (Å²) in [5, 5.41) is 0. The molecule has 2 aromatic carbocycles. The van der Waals surface area contributed by atoms with Crippen molar-refractivity contribution in [3.05, 3.63) is 70.8 Å². The van der Waals surface area contributed by atoms with Crippen LogP contribution in [-0.2, 0) is 16.0 Å². The molecule has 27 heavy (non-hydrogen) atoms. The van der Waals surface area contributed by atoms with Crippen LogP contribution in [0.4, 0.5) is 0 Å². The highest BCUT2D eigenvalue weighted by Crippen LogP contribution is 2.19. The van der Waals surface area contributed by atoms with E-state index in [0.717, 1.165) is 10.5 Å². The van der Waals surface area contributed by atoms with E-state index >= 15 is 0 Å². The van der Waals surface area contributed by atoms with Gasteiger partial charge in [-0.2, -0.15) is 0 Å². The minimum absolute atomic E-state index is 0.0436. The molecule has 1 aliphatic rings. The fourth-order valence-corrected chi connectivity index (χ4v) is 2.92. The van der Waals surface area contributed by atoms with E-state index in [-0.39, 0.29) is 25.3 Å². The second kappa shape index (κ2) is 7.82. The van der Waals surface area contributed by atoms with E-state index in [4.69, 9.17) is 0 Å². The first-order chi connectivity index (χ1) is 13.0. The van der Waals surface area contributed by atoms with Gasteiger partial charge in [-0.1, -0.05) is 36.4 Å². The number of nitrogens with one attached hydrogen (secondary N) is 2. The zero-order chi connectivity index (χ0) is 19.4. The van der Waals surface area contributed by atoms with E-state index in [9.17, 15) is 19.2 Å². The van der Waals surface area contributed by atoms with Crippen molar-refractivity contribution >= 4 is 23.6 Å². The molecular weight excluding hydrogens is 346 g/mol. The third kappa shape index (κ3) is 4.03. The first-order valence-corrected chi connectivity index (χ1v) is 8.55. The summed E-state index contributed by atoms with van der Waals surface area (Å²) in [7, 11) is 0. The number of amides is 4. The topological polar surface area (TPSA) is 95.6 Å². The second-order valence-electron chi connectivity index (χ2n) is 6.25. The normalized spacial score (nSPS) is 13.1. The summed E-state index contributed by atoms with van der Waals surface area (Å²) in [5.41, 5.74) is 7.06. The number of carbonyl (C=O) groups is 4. The third-order valence-corrected chi connectivity index (χ3v) is 4.40. The lowest BCUT2D eigenvalue weighted by Crippen LogP contribution is -2.46. The second-order valence-corrected chi connectivity index (χ2v) is 6.25. The number of hydrazine groups is 1. The molecule has 0 unspecified atom stereocenters. The van der Waals surface area contributed by atoms with Crippen molar-refractivity contribution in [2.24, 2.45) is 0 Å². The molecule has 0 saturated heterocycles. The molecule has 0 radical (unpaired) electrons. The molecule has 0 atom stereocenters. The van der Waals surface area contributed by atoms with Gasteiger partial charge in [0.1, 0.15) is 0 Å². The number of imide groups is 1. The molecule has 0 saturated carbocycles. The van der Waals surface area contributed by atoms with E-state index in [1.807, 2.05) is 6.07 Å². The molecule has 0 fully saturated rings. The molecule has 138 valence electrons. The smallest absolute Gasteiger partial charge is 0.269 e. The third-order valence-electron chi connectivity index (χ3n) is 4.40. The quantitative estimate of drug-likeness (QED) is 0.632. The predicted octanol–water partition coefficient (Wildman–Crippen LogP) is 1.37. The molecule has 7 heteroatoms. The van der Waals surface area contributed by atoms with Crippen molar-refractivity contribution in [2.45, 2.75) is 19.8 Å². The van der Waals surface area contributed by atoms with Crippen LogP contribution in [0.1, 0.15) is 38.3 Å². The molecule has 0 aromatic heterocycles. The molecule has 7 nitrogen and oxygen atoms in total. The molecule has 0 spiro atoms. The van der Waals surface area contributed by atoms with Gasteiger partial charge in [-0.25, -0.2) is 0 Å². The molecule has 1 aliphatic heterocycles. The van der Waals surface area contributed by atoms with Crippen molar-refractivity contribution in [2.75, 3.05) is 6.54 Å². The summed E-state index contributed by atoms with van der Waals surface area (Å²) in [6, 6.07) is 13.9. The molecule has 0 aliphatic carbocycles. The van der Waals surface area contributed by atoms with Crippen LogP contribution in [0.15, 0.2) is 48.5 Å². The predicted molar refractivity (Wildman–Crippen MR) is 97.6 cm³/mol. The summed E-state index contributed by atoms with van der Waals surface area (Å²) in [6.45, 7) is 1.75. The monoisotopic (exact) mass is 365 g/mol. The molecule has 1 heterocycles. The number of carbonyl (C=O) groups excluding carboxylic acids is 4. The van der Waals surface area contributed by atoms with Crippen molar-refractivity contribution in [1.82, 2.24) is 15.8 Å². The van der Waals surface area contributed by atoms with E-state index in [1.165, 1.54) is 0 Å². The average molecular weight is 365 g/mol. The van der Waals surface area contributed by atoms with Gasteiger partial charge in [-0.15, -0.1) is 0 Å². The zero-order valence-corrected chi connectivity index (χ0v) is 14.8. The number of nitrogens with zero attached hydrogens (tertiary/aromatic N) is 1. The highest BCUT2D eigenvalue weighted by Gasteiger charge is 2.30. The average Bonchev–Trinajstić information content (AvgIpc) is 2.66. The van der Waals surface area contributed by atoms with Gasteiger partial charge in [-0.3, -0.25) is 34.9 Å². The summed E-state index contributed by atoms with van der Waals surface area (Å²) in [4.78, 5) is 49.7. The van der Waals surface area contributed by atoms with Gasteiger partial charge in [0.25, 0.3) is 11.8 Å². The Bertz CT molecular complexity index is 923. The largest absolute Gasteiger partial charge is 0.278 e. The molecule has 2 N–H and O–H groups in total. The van der Waals surface area contributed by atoms with E-state index < -0.39 is 17.7 Å². The standard InChI is InChI=1S/C20H19N3O4/c1-13-6-2-4-8-15(13)19(26)22-21-17(24)10-11-23-18(25)12-14-7-3-5-9-16(14)20(23)27/h2-9H,10-12H2,1H3,(H,21,24)(H,22,26). The van der Waals surface area contributed by atoms with Gasteiger partial charge >= 0.3 is 0 Å². The maximum Gasteiger partial charge on any atom is 0.269 e. The van der Waals surface area contributed by atoms with Crippen LogP contribution in [0, 0.1) is 6.92 Å². The number of benzene rings is 2. The van der Waals surface area contributed by atoms with E-state index in [2.05, 4.69) is 10.9 Å². The van der Waals surface area contributed by atoms with Gasteiger partial charge in [0.05, 0.1) is 6.42 Å². The number of rotatable bonds is 4. The Morgan fingerprint density at radius 1 is 1.00 bits per heavy atom. The van der Waals surface area contributed by atoms with Crippen molar-refractivity contribution in [3.8, 4) is 0 Å². The minimum Gasteiger partial charge on any atom is -0.278 e. The van der Waals surface area contributed by atoms with Gasteiger partial charge in [0, 0.05) is 24.1 Å². The lowest BCUT2D eigenvalue weighted by atomic mass is 9.98. The zero-order valence-electron chi connectivity index (χ0n) is 14.8. The Balaban J connectivity index is 1.54. The van der Waals surface area contributed by atoms with Crippen molar-refractivity contribution in [3.63, 3.8) is 0 Å². The van der Waals surface area contributed by atoms with Crippen LogP contribution in [0.2, 0.25) is 0 Å². The summed E-state index contributed by atoms with van der Waals surface area (Å²) >= 11 is 0. The van der Waals surface area contributed by atoms with Crippen LogP contribution in [0.5, 0.6) is 0 Å². The van der Waals surface area contributed by atoms with Gasteiger partial charge in [-0.05, 0) is 30.2 Å². The number of fused-ring (bicyclic) bond motifs is 1. The highest BCUT2D eigenvalue weighted by atomic mass is 16.2. The van der Waals surface area contributed by atoms with Crippen LogP contribution in [0.3, 0.4) is 0 Å². The van der Waals surface area contributed by atoms with Crippen molar-refractivity contribution < 1.29 is 19.2 Å². The van der Waals surface area contributed by atoms with Crippen LogP contribution < -0.4 is 10.9 Å².